The Morgan fingerprint density at radius 2 is 2.36 bits per heavy atom. The van der Waals surface area contributed by atoms with Crippen LogP contribution in [0.2, 0.25) is 0 Å². The maximum absolute atomic E-state index is 10.8. The monoisotopic (exact) mass is 195 g/mol. The molecule has 14 heavy (non-hydrogen) atoms. The Kier molecular flexibility index (Phi) is 3.39. The average Bonchev–Trinajstić information content (AvgIpc) is 2.17. The van der Waals surface area contributed by atoms with E-state index in [1.54, 1.807) is 7.05 Å². The first-order valence-corrected chi connectivity index (χ1v) is 4.46. The Bertz CT molecular complexity index is 339. The second kappa shape index (κ2) is 4.55. The number of carboxylic acids is 1. The number of carbonyl (C=O) groups is 1. The molecule has 1 aromatic rings. The molecule has 76 valence electrons. The van der Waals surface area contributed by atoms with Gasteiger partial charge in [-0.2, -0.15) is 0 Å². The molecule has 1 heterocycles. The van der Waals surface area contributed by atoms with Crippen LogP contribution < -0.4 is 5.32 Å². The van der Waals surface area contributed by atoms with Gasteiger partial charge in [0.1, 0.15) is 0 Å². The lowest BCUT2D eigenvalue weighted by Gasteiger charge is -2.05. The molecule has 0 aliphatic rings. The van der Waals surface area contributed by atoms with E-state index < -0.39 is 5.97 Å². The van der Waals surface area contributed by atoms with Crippen LogP contribution in [-0.4, -0.2) is 28.1 Å². The van der Waals surface area contributed by atoms with E-state index in [-0.39, 0.29) is 5.56 Å². The van der Waals surface area contributed by atoms with E-state index in [2.05, 4.69) is 15.3 Å². The van der Waals surface area contributed by atoms with E-state index in [9.17, 15) is 4.79 Å². The highest BCUT2D eigenvalue weighted by atomic mass is 16.4. The van der Waals surface area contributed by atoms with Crippen molar-refractivity contribution in [3.63, 3.8) is 0 Å². The van der Waals surface area contributed by atoms with Gasteiger partial charge in [0.2, 0.25) is 5.95 Å². The van der Waals surface area contributed by atoms with Crippen LogP contribution in [0.4, 0.5) is 5.95 Å². The molecule has 0 spiro atoms. The Morgan fingerprint density at radius 1 is 1.64 bits per heavy atom. The third-order valence-electron chi connectivity index (χ3n) is 1.81. The highest BCUT2D eigenvalue weighted by Crippen LogP contribution is 2.10. The van der Waals surface area contributed by atoms with Gasteiger partial charge in [-0.05, 0) is 6.42 Å². The van der Waals surface area contributed by atoms with Gasteiger partial charge in [0.25, 0.3) is 0 Å². The van der Waals surface area contributed by atoms with Gasteiger partial charge >= 0.3 is 5.97 Å². The van der Waals surface area contributed by atoms with Crippen molar-refractivity contribution in [1.29, 1.82) is 0 Å². The Hall–Kier alpha value is -1.65. The summed E-state index contributed by atoms with van der Waals surface area (Å²) < 4.78 is 0. The quantitative estimate of drug-likeness (QED) is 0.754. The van der Waals surface area contributed by atoms with Gasteiger partial charge in [-0.15, -0.1) is 0 Å². The molecule has 0 aliphatic carbocycles. The largest absolute Gasteiger partial charge is 0.478 e. The fourth-order valence-electron chi connectivity index (χ4n) is 1.14. The lowest BCUT2D eigenvalue weighted by Crippen LogP contribution is -2.08. The molecule has 0 amide bonds. The van der Waals surface area contributed by atoms with Crippen LogP contribution in [0.5, 0.6) is 0 Å². The van der Waals surface area contributed by atoms with Crippen molar-refractivity contribution in [3.05, 3.63) is 17.5 Å². The maximum atomic E-state index is 10.8. The summed E-state index contributed by atoms with van der Waals surface area (Å²) in [6.45, 7) is 1.98. The van der Waals surface area contributed by atoms with E-state index in [1.807, 2.05) is 6.92 Å². The zero-order valence-electron chi connectivity index (χ0n) is 8.24. The van der Waals surface area contributed by atoms with E-state index in [4.69, 9.17) is 5.11 Å². The number of aromatic carboxylic acids is 1. The van der Waals surface area contributed by atoms with Crippen molar-refractivity contribution < 1.29 is 9.90 Å². The Morgan fingerprint density at radius 3 is 2.86 bits per heavy atom. The maximum Gasteiger partial charge on any atom is 0.339 e. The predicted molar refractivity (Wildman–Crippen MR) is 52.5 cm³/mol. The van der Waals surface area contributed by atoms with Crippen molar-refractivity contribution in [2.75, 3.05) is 12.4 Å². The molecule has 1 aromatic heterocycles. The SMILES string of the molecule is CCCc1nc(NC)ncc1C(=O)O. The molecule has 5 heteroatoms. The number of anilines is 1. The molecular weight excluding hydrogens is 182 g/mol. The molecule has 5 nitrogen and oxygen atoms in total. The standard InChI is InChI=1S/C9H13N3O2/c1-3-4-7-6(8(13)14)5-11-9(10-2)12-7/h5H,3-4H2,1-2H3,(H,13,14)(H,10,11,12). The summed E-state index contributed by atoms with van der Waals surface area (Å²) in [5.41, 5.74) is 0.769. The molecule has 0 saturated heterocycles. The normalized spacial score (nSPS) is 9.86. The van der Waals surface area contributed by atoms with Crippen molar-refractivity contribution >= 4 is 11.9 Å². The molecule has 0 unspecified atom stereocenters. The van der Waals surface area contributed by atoms with Crippen LogP contribution >= 0.6 is 0 Å². The number of hydrogen-bond donors (Lipinski definition) is 2. The molecule has 0 atom stereocenters. The minimum Gasteiger partial charge on any atom is -0.478 e. The van der Waals surface area contributed by atoms with Crippen LogP contribution in [0.1, 0.15) is 29.4 Å². The minimum absolute atomic E-state index is 0.186. The number of rotatable bonds is 4. The molecule has 2 N–H and O–H groups in total. The minimum atomic E-state index is -0.976. The number of hydrogen-bond acceptors (Lipinski definition) is 4. The van der Waals surface area contributed by atoms with E-state index in [1.165, 1.54) is 6.20 Å². The Balaban J connectivity index is 3.10. The summed E-state index contributed by atoms with van der Waals surface area (Å²) in [7, 11) is 1.70. The van der Waals surface area contributed by atoms with Crippen LogP contribution in [-0.2, 0) is 6.42 Å². The zero-order chi connectivity index (χ0) is 10.6. The molecule has 0 aromatic carbocycles. The fraction of sp³-hybridized carbons (Fsp3) is 0.444. The molecule has 0 fully saturated rings. The molecule has 1 rings (SSSR count). The summed E-state index contributed by atoms with van der Waals surface area (Å²) in [5.74, 6) is -0.519. The van der Waals surface area contributed by atoms with E-state index in [0.29, 0.717) is 18.1 Å². The third-order valence-corrected chi connectivity index (χ3v) is 1.81. The first-order chi connectivity index (χ1) is 6.69. The number of nitrogens with one attached hydrogen (secondary N) is 1. The van der Waals surface area contributed by atoms with E-state index >= 15 is 0 Å². The molecule has 0 bridgehead atoms. The second-order valence-electron chi connectivity index (χ2n) is 2.86. The predicted octanol–water partition coefficient (Wildman–Crippen LogP) is 1.17. The highest BCUT2D eigenvalue weighted by molar-refractivity contribution is 5.88. The summed E-state index contributed by atoms with van der Waals surface area (Å²) in [6, 6.07) is 0. The first kappa shape index (κ1) is 10.4. The van der Waals surface area contributed by atoms with Crippen molar-refractivity contribution in [3.8, 4) is 0 Å². The van der Waals surface area contributed by atoms with Crippen molar-refractivity contribution in [2.45, 2.75) is 19.8 Å². The van der Waals surface area contributed by atoms with Gasteiger partial charge in [-0.25, -0.2) is 14.8 Å². The van der Waals surface area contributed by atoms with Crippen molar-refractivity contribution in [2.24, 2.45) is 0 Å². The van der Waals surface area contributed by atoms with Gasteiger partial charge < -0.3 is 10.4 Å². The highest BCUT2D eigenvalue weighted by Gasteiger charge is 2.11. The fourth-order valence-corrected chi connectivity index (χ4v) is 1.14. The lowest BCUT2D eigenvalue weighted by molar-refractivity contribution is 0.0694. The second-order valence-corrected chi connectivity index (χ2v) is 2.86. The third kappa shape index (κ3) is 2.18. The van der Waals surface area contributed by atoms with Crippen LogP contribution in [0.15, 0.2) is 6.20 Å². The van der Waals surface area contributed by atoms with Crippen molar-refractivity contribution in [1.82, 2.24) is 9.97 Å². The number of nitrogens with zero attached hydrogens (tertiary/aromatic N) is 2. The molecule has 0 aliphatic heterocycles. The molecule has 0 radical (unpaired) electrons. The van der Waals surface area contributed by atoms with Gasteiger partial charge in [0.15, 0.2) is 0 Å². The number of aryl methyl sites for hydroxylation is 1. The smallest absolute Gasteiger partial charge is 0.339 e. The van der Waals surface area contributed by atoms with E-state index in [0.717, 1.165) is 6.42 Å². The number of carboxylic acid groups (broad SMARTS) is 1. The zero-order valence-corrected chi connectivity index (χ0v) is 8.24. The van der Waals surface area contributed by atoms with Crippen LogP contribution in [0.25, 0.3) is 0 Å². The average molecular weight is 195 g/mol. The summed E-state index contributed by atoms with van der Waals surface area (Å²) >= 11 is 0. The summed E-state index contributed by atoms with van der Waals surface area (Å²) in [6.07, 6.45) is 2.85. The van der Waals surface area contributed by atoms with Crippen LogP contribution in [0, 0.1) is 0 Å². The summed E-state index contributed by atoms with van der Waals surface area (Å²) in [5, 5.41) is 11.6. The van der Waals surface area contributed by atoms with Crippen LogP contribution in [0.3, 0.4) is 0 Å². The molecule has 0 saturated carbocycles. The lowest BCUT2D eigenvalue weighted by atomic mass is 10.1. The van der Waals surface area contributed by atoms with Gasteiger partial charge in [-0.1, -0.05) is 13.3 Å². The van der Waals surface area contributed by atoms with Gasteiger partial charge in [0, 0.05) is 13.2 Å². The van der Waals surface area contributed by atoms with Gasteiger partial charge in [0.05, 0.1) is 11.3 Å². The first-order valence-electron chi connectivity index (χ1n) is 4.46. The Labute approximate surface area is 82.2 Å². The van der Waals surface area contributed by atoms with Gasteiger partial charge in [-0.3, -0.25) is 0 Å². The topological polar surface area (TPSA) is 75.1 Å². The number of aromatic nitrogens is 2. The summed E-state index contributed by atoms with van der Waals surface area (Å²) in [4.78, 5) is 18.8. The molecular formula is C9H13N3O2.